The van der Waals surface area contributed by atoms with Crippen LogP contribution in [0.25, 0.3) is 0 Å². The lowest BCUT2D eigenvalue weighted by atomic mass is 10.1. The lowest BCUT2D eigenvalue weighted by molar-refractivity contribution is 0.0536. The van der Waals surface area contributed by atoms with Crippen molar-refractivity contribution in [2.24, 2.45) is 0 Å². The molecule has 3 aromatic carbocycles. The van der Waals surface area contributed by atoms with E-state index in [9.17, 15) is 14.7 Å². The van der Waals surface area contributed by atoms with Crippen molar-refractivity contribution in [3.05, 3.63) is 87.9 Å². The first-order valence-corrected chi connectivity index (χ1v) is 12.7. The van der Waals surface area contributed by atoms with E-state index in [1.54, 1.807) is 65.6 Å². The van der Waals surface area contributed by atoms with Gasteiger partial charge in [-0.1, -0.05) is 29.3 Å². The third-order valence-electron chi connectivity index (χ3n) is 5.85. The quantitative estimate of drug-likeness (QED) is 0.305. The number of piperidine rings is 1. The third kappa shape index (κ3) is 7.54. The molecule has 3 aromatic rings. The molecule has 1 amide bonds. The maximum atomic E-state index is 12.9. The number of amides is 1. The minimum Gasteiger partial charge on any atom is -0.493 e. The Labute approximate surface area is 225 Å². The largest absolute Gasteiger partial charge is 0.493 e. The van der Waals surface area contributed by atoms with Crippen LogP contribution >= 0.6 is 23.2 Å². The Balaban J connectivity index is 1.33. The van der Waals surface area contributed by atoms with Gasteiger partial charge in [-0.25, -0.2) is 4.79 Å². The lowest BCUT2D eigenvalue weighted by Gasteiger charge is -2.33. The molecular weight excluding hydrogens is 517 g/mol. The highest BCUT2D eigenvalue weighted by Gasteiger charge is 2.26. The van der Waals surface area contributed by atoms with Crippen LogP contribution in [0, 0.1) is 0 Å². The molecule has 1 atom stereocenters. The average molecular weight is 544 g/mol. The summed E-state index contributed by atoms with van der Waals surface area (Å²) in [6.07, 6.45) is 1.89. The fourth-order valence-electron chi connectivity index (χ4n) is 4.05. The molecule has 0 bridgehead atoms. The van der Waals surface area contributed by atoms with E-state index >= 15 is 0 Å². The molecular formula is C28H27Cl2NO6. The van der Waals surface area contributed by atoms with Gasteiger partial charge in [-0.3, -0.25) is 4.79 Å². The Bertz CT molecular complexity index is 1230. The Morgan fingerprint density at radius 3 is 2.43 bits per heavy atom. The summed E-state index contributed by atoms with van der Waals surface area (Å²) in [5, 5.41) is 10.7. The molecule has 0 aliphatic carbocycles. The molecule has 1 fully saturated rings. The fraction of sp³-hybridized carbons (Fsp3) is 0.286. The van der Waals surface area contributed by atoms with Crippen LogP contribution in [0.1, 0.15) is 40.0 Å². The Morgan fingerprint density at radius 2 is 1.68 bits per heavy atom. The molecule has 4 rings (SSSR count). The van der Waals surface area contributed by atoms with Gasteiger partial charge in [0.1, 0.15) is 28.9 Å². The van der Waals surface area contributed by atoms with E-state index in [2.05, 4.69) is 0 Å². The molecule has 0 spiro atoms. The van der Waals surface area contributed by atoms with Crippen LogP contribution in [0.3, 0.4) is 0 Å². The second kappa shape index (κ2) is 12.7. The summed E-state index contributed by atoms with van der Waals surface area (Å²) < 4.78 is 17.6. The number of carboxylic acid groups (broad SMARTS) is 1. The summed E-state index contributed by atoms with van der Waals surface area (Å²) in [5.74, 6) is 0.219. The number of hydrogen-bond donors (Lipinski definition) is 1. The second-order valence-electron chi connectivity index (χ2n) is 8.61. The van der Waals surface area contributed by atoms with Gasteiger partial charge in [0.15, 0.2) is 0 Å². The molecule has 0 saturated carbocycles. The third-order valence-corrected chi connectivity index (χ3v) is 6.34. The van der Waals surface area contributed by atoms with Crippen LogP contribution in [0.5, 0.6) is 17.2 Å². The van der Waals surface area contributed by atoms with E-state index < -0.39 is 5.97 Å². The van der Waals surface area contributed by atoms with Gasteiger partial charge in [0.25, 0.3) is 5.91 Å². The van der Waals surface area contributed by atoms with Crippen LogP contribution < -0.4 is 14.2 Å². The van der Waals surface area contributed by atoms with Gasteiger partial charge in [0.2, 0.25) is 0 Å². The summed E-state index contributed by atoms with van der Waals surface area (Å²) >= 11 is 11.9. The monoisotopic (exact) mass is 543 g/mol. The number of carbonyl (C=O) groups excluding carboxylic acids is 1. The number of aromatic carboxylic acids is 1. The average Bonchev–Trinajstić information content (AvgIpc) is 2.89. The molecule has 1 aliphatic rings. The van der Waals surface area contributed by atoms with Crippen molar-refractivity contribution in [1.82, 2.24) is 4.90 Å². The van der Waals surface area contributed by atoms with Crippen molar-refractivity contribution in [2.75, 3.05) is 26.3 Å². The van der Waals surface area contributed by atoms with E-state index in [0.29, 0.717) is 53.2 Å². The van der Waals surface area contributed by atoms with E-state index in [1.807, 2.05) is 0 Å². The van der Waals surface area contributed by atoms with Gasteiger partial charge in [0.05, 0.1) is 19.8 Å². The molecule has 1 saturated heterocycles. The van der Waals surface area contributed by atoms with E-state index in [4.69, 9.17) is 37.4 Å². The van der Waals surface area contributed by atoms with Crippen LogP contribution in [0.15, 0.2) is 66.7 Å². The number of halogens is 2. The molecule has 1 N–H and O–H groups in total. The number of rotatable bonds is 10. The number of carbonyl (C=O) groups is 2. The zero-order chi connectivity index (χ0) is 26.2. The number of ether oxygens (including phenoxy) is 3. The lowest BCUT2D eigenvalue weighted by Crippen LogP contribution is -2.44. The highest BCUT2D eigenvalue weighted by molar-refractivity contribution is 6.31. The summed E-state index contributed by atoms with van der Waals surface area (Å²) in [7, 11) is 0. The van der Waals surface area contributed by atoms with Crippen LogP contribution in [0.2, 0.25) is 10.0 Å². The Morgan fingerprint density at radius 1 is 0.919 bits per heavy atom. The number of benzene rings is 3. The molecule has 1 aliphatic heterocycles. The molecule has 0 radical (unpaired) electrons. The fourth-order valence-corrected chi connectivity index (χ4v) is 4.37. The summed E-state index contributed by atoms with van der Waals surface area (Å²) in [6, 6.07) is 18.6. The maximum absolute atomic E-state index is 12.9. The summed E-state index contributed by atoms with van der Waals surface area (Å²) in [4.78, 5) is 26.4. The molecule has 9 heteroatoms. The van der Waals surface area contributed by atoms with Crippen molar-refractivity contribution in [1.29, 1.82) is 0 Å². The Kier molecular flexibility index (Phi) is 9.14. The van der Waals surface area contributed by atoms with Gasteiger partial charge >= 0.3 is 5.97 Å². The SMILES string of the molecule is O=C(O)c1ccc(O[C@@H]2CCCN(C(=O)c3cccc(Cl)c3)C2)cc1OCCCOc1ccc(Cl)cc1. The summed E-state index contributed by atoms with van der Waals surface area (Å²) in [5.41, 5.74) is 0.585. The predicted molar refractivity (Wildman–Crippen MR) is 141 cm³/mol. The van der Waals surface area contributed by atoms with E-state index in [0.717, 1.165) is 12.8 Å². The summed E-state index contributed by atoms with van der Waals surface area (Å²) in [6.45, 7) is 1.72. The van der Waals surface area contributed by atoms with Crippen molar-refractivity contribution < 1.29 is 28.9 Å². The highest BCUT2D eigenvalue weighted by atomic mass is 35.5. The minimum absolute atomic E-state index is 0.0485. The van der Waals surface area contributed by atoms with Gasteiger partial charge in [-0.2, -0.15) is 0 Å². The van der Waals surface area contributed by atoms with Crippen molar-refractivity contribution in [2.45, 2.75) is 25.4 Å². The van der Waals surface area contributed by atoms with E-state index in [-0.39, 0.29) is 29.9 Å². The molecule has 7 nitrogen and oxygen atoms in total. The number of hydrogen-bond acceptors (Lipinski definition) is 5. The van der Waals surface area contributed by atoms with E-state index in [1.165, 1.54) is 6.07 Å². The van der Waals surface area contributed by atoms with Crippen molar-refractivity contribution in [3.63, 3.8) is 0 Å². The van der Waals surface area contributed by atoms with Gasteiger partial charge < -0.3 is 24.2 Å². The Hall–Kier alpha value is -3.42. The molecule has 0 unspecified atom stereocenters. The standard InChI is InChI=1S/C28H27Cl2NO6/c29-20-7-9-22(10-8-20)35-14-3-15-36-26-17-23(11-12-25(26)28(33)34)37-24-6-2-13-31(18-24)27(32)19-4-1-5-21(30)16-19/h1,4-5,7-12,16-17,24H,2-3,6,13-15,18H2,(H,33,34)/t24-/m1/s1. The number of nitrogens with zero attached hydrogens (tertiary/aromatic N) is 1. The zero-order valence-corrected chi connectivity index (χ0v) is 21.6. The first-order valence-electron chi connectivity index (χ1n) is 12.0. The van der Waals surface area contributed by atoms with Crippen LogP contribution in [0.4, 0.5) is 0 Å². The molecule has 194 valence electrons. The topological polar surface area (TPSA) is 85.3 Å². The smallest absolute Gasteiger partial charge is 0.339 e. The van der Waals surface area contributed by atoms with Gasteiger partial charge in [-0.05, 0) is 67.4 Å². The highest BCUT2D eigenvalue weighted by Crippen LogP contribution is 2.28. The molecule has 37 heavy (non-hydrogen) atoms. The van der Waals surface area contributed by atoms with Crippen LogP contribution in [-0.2, 0) is 0 Å². The molecule has 1 heterocycles. The second-order valence-corrected chi connectivity index (χ2v) is 9.48. The normalized spacial score (nSPS) is 15.2. The van der Waals surface area contributed by atoms with Crippen LogP contribution in [-0.4, -0.2) is 54.3 Å². The minimum atomic E-state index is -1.09. The number of carboxylic acids is 1. The first kappa shape index (κ1) is 26.6. The van der Waals surface area contributed by atoms with Crippen molar-refractivity contribution in [3.8, 4) is 17.2 Å². The van der Waals surface area contributed by atoms with Gasteiger partial charge in [0, 0.05) is 34.6 Å². The van der Waals surface area contributed by atoms with Crippen molar-refractivity contribution >= 4 is 35.1 Å². The predicted octanol–water partition coefficient (Wildman–Crippen LogP) is 6.22. The van der Waals surface area contributed by atoms with Gasteiger partial charge in [-0.15, -0.1) is 0 Å². The molecule has 0 aromatic heterocycles. The zero-order valence-electron chi connectivity index (χ0n) is 20.1. The maximum Gasteiger partial charge on any atom is 0.339 e. The number of likely N-dealkylation sites (tertiary alicyclic amines) is 1. The first-order chi connectivity index (χ1) is 17.9.